The Kier molecular flexibility index (Phi) is 8.10. The summed E-state index contributed by atoms with van der Waals surface area (Å²) in [5.41, 5.74) is 2.97. The molecule has 47 heavy (non-hydrogen) atoms. The summed E-state index contributed by atoms with van der Waals surface area (Å²) in [7, 11) is -4.43. The fraction of sp³-hybridized carbons (Fsp3) is 0.294. The lowest BCUT2D eigenvalue weighted by molar-refractivity contribution is 0.0696. The summed E-state index contributed by atoms with van der Waals surface area (Å²) in [5.74, 6) is -1.31. The number of benzene rings is 3. The van der Waals surface area contributed by atoms with Gasteiger partial charge in [-0.25, -0.2) is 4.79 Å². The van der Waals surface area contributed by atoms with E-state index in [1.54, 1.807) is 18.2 Å². The molecule has 0 radical (unpaired) electrons. The summed E-state index contributed by atoms with van der Waals surface area (Å²) in [6.45, 7) is 12.7. The highest BCUT2D eigenvalue weighted by Crippen LogP contribution is 2.50. The second-order valence-electron chi connectivity index (χ2n) is 12.9. The summed E-state index contributed by atoms with van der Waals surface area (Å²) in [6.07, 6.45) is 3.84. The maximum absolute atomic E-state index is 12.9. The van der Waals surface area contributed by atoms with Gasteiger partial charge in [0.2, 0.25) is 0 Å². The molecule has 2 N–H and O–H groups in total. The van der Waals surface area contributed by atoms with Crippen molar-refractivity contribution in [3.05, 3.63) is 94.9 Å². The van der Waals surface area contributed by atoms with Crippen molar-refractivity contribution in [1.29, 1.82) is 0 Å². The van der Waals surface area contributed by atoms with E-state index in [1.165, 1.54) is 0 Å². The van der Waals surface area contributed by atoms with Crippen LogP contribution < -0.4 is 20.2 Å². The third kappa shape index (κ3) is 5.65. The van der Waals surface area contributed by atoms with Crippen LogP contribution in [0.3, 0.4) is 0 Å². The molecule has 6 rings (SSSR count). The third-order valence-electron chi connectivity index (χ3n) is 8.60. The van der Waals surface area contributed by atoms with Gasteiger partial charge in [-0.15, -0.1) is 0 Å². The second kappa shape index (κ2) is 11.3. The number of likely N-dealkylation sites (N-methyl/N-ethyl adjacent to an activating group) is 1. The molecule has 3 aliphatic heterocycles. The Balaban J connectivity index is 1.82. The van der Waals surface area contributed by atoms with Gasteiger partial charge in [-0.05, 0) is 64.8 Å². The maximum atomic E-state index is 12.9. The average molecular weight is 737 g/mol. The Labute approximate surface area is 292 Å². The van der Waals surface area contributed by atoms with Crippen molar-refractivity contribution in [2.45, 2.75) is 52.6 Å². The van der Waals surface area contributed by atoms with Gasteiger partial charge in [0, 0.05) is 57.4 Å². The van der Waals surface area contributed by atoms with Gasteiger partial charge in [0.15, 0.2) is 0 Å². The van der Waals surface area contributed by atoms with Crippen molar-refractivity contribution >= 4 is 84.9 Å². The summed E-state index contributed by atoms with van der Waals surface area (Å²) < 4.78 is 40.7. The lowest BCUT2D eigenvalue weighted by atomic mass is 9.83. The number of nitrogens with zero attached hydrogens (tertiary/aromatic N) is 2. The Bertz CT molecular complexity index is 2260. The highest BCUT2D eigenvalue weighted by molar-refractivity contribution is 7.86. The molecular formula is C34H30Cl4N2O6S. The number of aromatic carboxylic acids is 1. The van der Waals surface area contributed by atoms with Crippen LogP contribution in [0.15, 0.2) is 41.4 Å². The predicted molar refractivity (Wildman–Crippen MR) is 188 cm³/mol. The third-order valence-corrected chi connectivity index (χ3v) is 11.1. The molecule has 3 heterocycles. The number of anilines is 1. The molecule has 0 amide bonds. The largest absolute Gasteiger partial charge is 0.478 e. The van der Waals surface area contributed by atoms with E-state index in [0.717, 1.165) is 16.8 Å². The minimum absolute atomic E-state index is 0.0165. The van der Waals surface area contributed by atoms with Crippen LogP contribution in [-0.2, 0) is 10.1 Å². The number of carboxylic acids is 1. The van der Waals surface area contributed by atoms with E-state index in [9.17, 15) is 22.9 Å². The molecule has 246 valence electrons. The van der Waals surface area contributed by atoms with E-state index < -0.39 is 27.4 Å². The first-order valence-electron chi connectivity index (χ1n) is 14.6. The van der Waals surface area contributed by atoms with E-state index in [-0.39, 0.29) is 36.8 Å². The molecule has 0 aliphatic carbocycles. The SMILES string of the molecule is CCN1c2cc3c(cc2C(C)=CC1(C)C)C(c1c(Cl)c(Cl)c(Cl)c(Cl)c1C(=O)O)=c1cc2c(cc1O3)=NC(C)(C)C=C2CS(=O)(=O)O. The van der Waals surface area contributed by atoms with Gasteiger partial charge in [-0.3, -0.25) is 9.55 Å². The standard InChI is InChI=1S/C34H30Cl4N2O6S/c1-7-40-22-11-24-19(8-17(22)15(2)12-34(40,5)6)25(26-27(32(41)42)29(36)31(38)30(37)28(26)35)20-9-18-16(14-47(43,44)45)13-33(3,4)39-21(18)10-23(20)46-24/h8-13H,7,14H2,1-6H3,(H,41,42)(H,43,44,45). The van der Waals surface area contributed by atoms with Crippen molar-refractivity contribution in [3.63, 3.8) is 0 Å². The molecule has 8 nitrogen and oxygen atoms in total. The fourth-order valence-electron chi connectivity index (χ4n) is 6.92. The van der Waals surface area contributed by atoms with Crippen molar-refractivity contribution in [1.82, 2.24) is 0 Å². The first-order valence-corrected chi connectivity index (χ1v) is 17.8. The number of ether oxygens (including phenoxy) is 1. The van der Waals surface area contributed by atoms with E-state index in [0.29, 0.717) is 50.9 Å². The van der Waals surface area contributed by atoms with Crippen LogP contribution in [0.1, 0.15) is 74.2 Å². The molecule has 0 atom stereocenters. The zero-order chi connectivity index (χ0) is 34.5. The van der Waals surface area contributed by atoms with Crippen LogP contribution >= 0.6 is 46.4 Å². The predicted octanol–water partition coefficient (Wildman–Crippen LogP) is 8.06. The van der Waals surface area contributed by atoms with Gasteiger partial charge in [0.05, 0.1) is 42.1 Å². The monoisotopic (exact) mass is 734 g/mol. The van der Waals surface area contributed by atoms with Crippen LogP contribution in [-0.4, -0.2) is 47.4 Å². The first kappa shape index (κ1) is 33.8. The number of fused-ring (bicyclic) bond motifs is 4. The molecule has 3 aromatic carbocycles. The van der Waals surface area contributed by atoms with Gasteiger partial charge < -0.3 is 14.7 Å². The average Bonchev–Trinajstić information content (AvgIpc) is 2.93. The molecule has 0 saturated heterocycles. The van der Waals surface area contributed by atoms with E-state index in [4.69, 9.17) is 56.1 Å². The van der Waals surface area contributed by atoms with Gasteiger partial charge in [0.25, 0.3) is 10.1 Å². The van der Waals surface area contributed by atoms with Crippen LogP contribution in [0.5, 0.6) is 11.5 Å². The molecule has 0 bridgehead atoms. The number of carbonyl (C=O) groups is 1. The van der Waals surface area contributed by atoms with Crippen LogP contribution in [0.2, 0.25) is 20.1 Å². The molecule has 0 spiro atoms. The van der Waals surface area contributed by atoms with Gasteiger partial charge in [-0.1, -0.05) is 58.6 Å². The lowest BCUT2D eigenvalue weighted by Crippen LogP contribution is -2.45. The summed E-state index contributed by atoms with van der Waals surface area (Å²) in [4.78, 5) is 19.9. The van der Waals surface area contributed by atoms with Crippen LogP contribution in [0.4, 0.5) is 5.69 Å². The first-order chi connectivity index (χ1) is 21.7. The van der Waals surface area contributed by atoms with Gasteiger partial charge >= 0.3 is 5.97 Å². The van der Waals surface area contributed by atoms with Gasteiger partial charge in [0.1, 0.15) is 17.3 Å². The Morgan fingerprint density at radius 2 is 1.57 bits per heavy atom. The molecular weight excluding hydrogens is 706 g/mol. The fourth-order valence-corrected chi connectivity index (χ4v) is 8.58. The number of halogens is 4. The molecule has 0 saturated carbocycles. The molecule has 0 unspecified atom stereocenters. The smallest absolute Gasteiger partial charge is 0.337 e. The second-order valence-corrected chi connectivity index (χ2v) is 15.9. The van der Waals surface area contributed by atoms with E-state index >= 15 is 0 Å². The maximum Gasteiger partial charge on any atom is 0.337 e. The summed E-state index contributed by atoms with van der Waals surface area (Å²) in [5, 5.41) is 10.5. The van der Waals surface area contributed by atoms with E-state index in [1.807, 2.05) is 32.9 Å². The van der Waals surface area contributed by atoms with Crippen molar-refractivity contribution in [2.24, 2.45) is 4.99 Å². The van der Waals surface area contributed by atoms with Crippen LogP contribution in [0, 0.1) is 0 Å². The molecule has 0 fully saturated rings. The minimum atomic E-state index is -4.43. The molecule has 13 heteroatoms. The van der Waals surface area contributed by atoms with Crippen molar-refractivity contribution in [2.75, 3.05) is 17.2 Å². The zero-order valence-electron chi connectivity index (χ0n) is 26.2. The summed E-state index contributed by atoms with van der Waals surface area (Å²) >= 11 is 26.4. The zero-order valence-corrected chi connectivity index (χ0v) is 30.1. The quantitative estimate of drug-likeness (QED) is 0.121. The Hall–Kier alpha value is -3.05. The van der Waals surface area contributed by atoms with E-state index in [2.05, 4.69) is 31.7 Å². The number of carboxylic acid groups (broad SMARTS) is 1. The number of allylic oxidation sites excluding steroid dienone is 1. The number of rotatable bonds is 5. The molecule has 3 aliphatic rings. The highest BCUT2D eigenvalue weighted by Gasteiger charge is 2.36. The lowest BCUT2D eigenvalue weighted by Gasteiger charge is -2.43. The topological polar surface area (TPSA) is 117 Å². The van der Waals surface area contributed by atoms with Crippen molar-refractivity contribution in [3.8, 4) is 11.5 Å². The Morgan fingerprint density at radius 3 is 2.19 bits per heavy atom. The normalized spacial score (nSPS) is 17.3. The minimum Gasteiger partial charge on any atom is -0.478 e. The summed E-state index contributed by atoms with van der Waals surface area (Å²) in [6, 6.07) is 7.19. The van der Waals surface area contributed by atoms with Crippen molar-refractivity contribution < 1.29 is 27.6 Å². The Morgan fingerprint density at radius 1 is 0.915 bits per heavy atom. The highest BCUT2D eigenvalue weighted by atomic mass is 35.5. The number of hydrogen-bond donors (Lipinski definition) is 2. The van der Waals surface area contributed by atoms with Gasteiger partial charge in [-0.2, -0.15) is 8.42 Å². The molecule has 0 aromatic heterocycles. The van der Waals surface area contributed by atoms with Crippen LogP contribution in [0.25, 0.3) is 16.7 Å². The molecule has 3 aromatic rings. The number of hydrogen-bond acceptors (Lipinski definition) is 6.